The molecular weight excluding hydrogens is 218 g/mol. The number of carbonyl (C=O) groups excluding carboxylic acids is 1. The molecule has 0 heterocycles. The molecular formula is C10H22ClNO3. The molecule has 0 fully saturated rings. The van der Waals surface area contributed by atoms with Crippen LogP contribution in [0.15, 0.2) is 0 Å². The van der Waals surface area contributed by atoms with E-state index in [9.17, 15) is 4.79 Å². The third-order valence-corrected chi connectivity index (χ3v) is 1.91. The fourth-order valence-corrected chi connectivity index (χ4v) is 0.894. The van der Waals surface area contributed by atoms with Gasteiger partial charge in [0.2, 0.25) is 0 Å². The Balaban J connectivity index is 0. The quantitative estimate of drug-likeness (QED) is 0.753. The number of hydrogen-bond acceptors (Lipinski definition) is 4. The molecule has 0 rings (SSSR count). The molecule has 4 nitrogen and oxygen atoms in total. The first-order valence-corrected chi connectivity index (χ1v) is 4.74. The molecule has 0 spiro atoms. The summed E-state index contributed by atoms with van der Waals surface area (Å²) in [6.07, 6.45) is -0.249. The molecule has 1 unspecified atom stereocenters. The van der Waals surface area contributed by atoms with Gasteiger partial charge in [-0.2, -0.15) is 0 Å². The van der Waals surface area contributed by atoms with Crippen LogP contribution in [0.5, 0.6) is 0 Å². The highest BCUT2D eigenvalue weighted by atomic mass is 35.5. The van der Waals surface area contributed by atoms with Crippen LogP contribution in [0.1, 0.15) is 27.7 Å². The highest BCUT2D eigenvalue weighted by molar-refractivity contribution is 5.85. The van der Waals surface area contributed by atoms with E-state index in [1.807, 2.05) is 20.8 Å². The normalized spacial score (nSPS) is 15.1. The van der Waals surface area contributed by atoms with E-state index in [4.69, 9.17) is 15.2 Å². The van der Waals surface area contributed by atoms with Crippen LogP contribution in [0.25, 0.3) is 0 Å². The molecule has 2 N–H and O–H groups in total. The van der Waals surface area contributed by atoms with Gasteiger partial charge in [-0.25, -0.2) is 0 Å². The molecule has 0 saturated heterocycles. The fraction of sp³-hybridized carbons (Fsp3) is 0.900. The Kier molecular flexibility index (Phi) is 8.02. The second-order valence-electron chi connectivity index (χ2n) is 4.55. The van der Waals surface area contributed by atoms with Crippen molar-refractivity contribution >= 4 is 18.4 Å². The maximum atomic E-state index is 11.5. The van der Waals surface area contributed by atoms with E-state index in [-0.39, 0.29) is 29.9 Å². The molecule has 5 heteroatoms. The predicted octanol–water partition coefficient (Wildman–Crippen LogP) is 1.36. The van der Waals surface area contributed by atoms with Crippen molar-refractivity contribution in [1.82, 2.24) is 0 Å². The summed E-state index contributed by atoms with van der Waals surface area (Å²) in [4.78, 5) is 11.5. The Morgan fingerprint density at radius 2 is 1.87 bits per heavy atom. The number of halogens is 1. The van der Waals surface area contributed by atoms with Crippen LogP contribution >= 0.6 is 12.4 Å². The Labute approximate surface area is 97.9 Å². The number of hydrogen-bond donors (Lipinski definition) is 1. The van der Waals surface area contributed by atoms with Crippen LogP contribution in [0, 0.1) is 5.41 Å². The first-order valence-electron chi connectivity index (χ1n) is 4.74. The highest BCUT2D eigenvalue weighted by Crippen LogP contribution is 2.18. The van der Waals surface area contributed by atoms with Crippen LogP contribution in [0.2, 0.25) is 0 Å². The molecule has 0 aliphatic carbocycles. The minimum Gasteiger partial charge on any atom is -0.459 e. The van der Waals surface area contributed by atoms with Crippen molar-refractivity contribution in [3.63, 3.8) is 0 Å². The fourth-order valence-electron chi connectivity index (χ4n) is 0.894. The maximum Gasteiger partial charge on any atom is 0.323 e. The molecule has 0 radical (unpaired) electrons. The van der Waals surface area contributed by atoms with E-state index >= 15 is 0 Å². The van der Waals surface area contributed by atoms with E-state index in [2.05, 4.69) is 0 Å². The van der Waals surface area contributed by atoms with Crippen molar-refractivity contribution in [2.45, 2.75) is 39.8 Å². The number of rotatable bonds is 4. The Morgan fingerprint density at radius 1 is 1.40 bits per heavy atom. The van der Waals surface area contributed by atoms with Gasteiger partial charge in [-0.15, -0.1) is 12.4 Å². The molecule has 15 heavy (non-hydrogen) atoms. The van der Waals surface area contributed by atoms with Gasteiger partial charge in [-0.3, -0.25) is 4.79 Å². The largest absolute Gasteiger partial charge is 0.459 e. The Bertz CT molecular complexity index is 192. The summed E-state index contributed by atoms with van der Waals surface area (Å²) in [6.45, 7) is 7.87. The van der Waals surface area contributed by atoms with Crippen molar-refractivity contribution in [2.24, 2.45) is 11.1 Å². The van der Waals surface area contributed by atoms with Gasteiger partial charge >= 0.3 is 5.97 Å². The van der Waals surface area contributed by atoms with Crippen molar-refractivity contribution in [2.75, 3.05) is 13.7 Å². The zero-order valence-corrected chi connectivity index (χ0v) is 10.9. The molecule has 2 atom stereocenters. The average molecular weight is 240 g/mol. The van der Waals surface area contributed by atoms with E-state index < -0.39 is 6.04 Å². The van der Waals surface area contributed by atoms with Gasteiger partial charge in [0.25, 0.3) is 0 Å². The summed E-state index contributed by atoms with van der Waals surface area (Å²) < 4.78 is 9.94. The van der Waals surface area contributed by atoms with Crippen LogP contribution < -0.4 is 5.73 Å². The molecule has 0 aliphatic heterocycles. The first-order chi connectivity index (χ1) is 6.29. The molecule has 0 aromatic rings. The van der Waals surface area contributed by atoms with E-state index in [1.165, 1.54) is 0 Å². The molecule has 0 aromatic carbocycles. The summed E-state index contributed by atoms with van der Waals surface area (Å²) in [5.74, 6) is -0.373. The molecule has 0 bridgehead atoms. The van der Waals surface area contributed by atoms with Crippen molar-refractivity contribution in [3.8, 4) is 0 Å². The van der Waals surface area contributed by atoms with E-state index in [0.717, 1.165) is 0 Å². The molecule has 0 amide bonds. The average Bonchev–Trinajstić information content (AvgIpc) is 2.01. The van der Waals surface area contributed by atoms with Gasteiger partial charge in [0, 0.05) is 7.11 Å². The first kappa shape index (κ1) is 17.1. The molecule has 92 valence electrons. The van der Waals surface area contributed by atoms with Gasteiger partial charge in [0.1, 0.15) is 12.1 Å². The predicted molar refractivity (Wildman–Crippen MR) is 62.1 cm³/mol. The van der Waals surface area contributed by atoms with E-state index in [0.29, 0.717) is 6.61 Å². The number of esters is 1. The zero-order chi connectivity index (χ0) is 11.4. The minimum atomic E-state index is -0.596. The lowest BCUT2D eigenvalue weighted by atomic mass is 9.87. The van der Waals surface area contributed by atoms with Crippen LogP contribution in [0.4, 0.5) is 0 Å². The van der Waals surface area contributed by atoms with Gasteiger partial charge in [0.15, 0.2) is 0 Å². The minimum absolute atomic E-state index is 0. The lowest BCUT2D eigenvalue weighted by Gasteiger charge is -2.26. The van der Waals surface area contributed by atoms with Crippen LogP contribution in [-0.4, -0.2) is 31.8 Å². The highest BCUT2D eigenvalue weighted by Gasteiger charge is 2.29. The smallest absolute Gasteiger partial charge is 0.323 e. The maximum absolute atomic E-state index is 11.5. The Hall–Kier alpha value is -0.320. The number of carbonyl (C=O) groups is 1. The molecule has 0 aliphatic rings. The Morgan fingerprint density at radius 3 is 2.20 bits per heavy atom. The number of methoxy groups -OCH3 is 1. The number of nitrogens with two attached hydrogens (primary N) is 1. The zero-order valence-electron chi connectivity index (χ0n) is 10.1. The van der Waals surface area contributed by atoms with Gasteiger partial charge < -0.3 is 15.2 Å². The van der Waals surface area contributed by atoms with E-state index in [1.54, 1.807) is 14.0 Å². The SMILES string of the molecule is COCC(C)OC(=O)[C@@H](N)C(C)(C)C.Cl. The number of ether oxygens (including phenoxy) is 2. The third kappa shape index (κ3) is 6.71. The summed E-state index contributed by atoms with van der Waals surface area (Å²) >= 11 is 0. The van der Waals surface area contributed by atoms with Crippen LogP contribution in [-0.2, 0) is 14.3 Å². The topological polar surface area (TPSA) is 61.5 Å². The summed E-state index contributed by atoms with van der Waals surface area (Å²) in [6, 6.07) is -0.596. The summed E-state index contributed by atoms with van der Waals surface area (Å²) in [7, 11) is 1.56. The van der Waals surface area contributed by atoms with Crippen LogP contribution in [0.3, 0.4) is 0 Å². The van der Waals surface area contributed by atoms with Gasteiger partial charge in [-0.05, 0) is 12.3 Å². The summed E-state index contributed by atoms with van der Waals surface area (Å²) in [5, 5.41) is 0. The monoisotopic (exact) mass is 239 g/mol. The lowest BCUT2D eigenvalue weighted by Crippen LogP contribution is -2.44. The third-order valence-electron chi connectivity index (χ3n) is 1.91. The summed E-state index contributed by atoms with van der Waals surface area (Å²) in [5.41, 5.74) is 5.45. The second kappa shape index (κ2) is 7.04. The van der Waals surface area contributed by atoms with Crippen molar-refractivity contribution in [3.05, 3.63) is 0 Å². The lowest BCUT2D eigenvalue weighted by molar-refractivity contribution is -0.154. The molecule has 0 saturated carbocycles. The van der Waals surface area contributed by atoms with Crippen molar-refractivity contribution in [1.29, 1.82) is 0 Å². The second-order valence-corrected chi connectivity index (χ2v) is 4.55. The van der Waals surface area contributed by atoms with Crippen molar-refractivity contribution < 1.29 is 14.3 Å². The molecule has 0 aromatic heterocycles. The van der Waals surface area contributed by atoms with Gasteiger partial charge in [0.05, 0.1) is 6.61 Å². The standard InChI is InChI=1S/C10H21NO3.ClH/c1-7(6-13-5)14-9(12)8(11)10(2,3)4;/h7-8H,6,11H2,1-5H3;1H/t7?,8-;/m1./s1. The van der Waals surface area contributed by atoms with Gasteiger partial charge in [-0.1, -0.05) is 20.8 Å².